The van der Waals surface area contributed by atoms with E-state index in [1.807, 2.05) is 48.4 Å². The molecule has 1 atom stereocenters. The molecule has 0 saturated carbocycles. The van der Waals surface area contributed by atoms with Gasteiger partial charge in [0.05, 0.1) is 17.9 Å². The van der Waals surface area contributed by atoms with Crippen LogP contribution < -0.4 is 20.3 Å². The van der Waals surface area contributed by atoms with Gasteiger partial charge in [0.25, 0.3) is 0 Å². The van der Waals surface area contributed by atoms with Crippen LogP contribution in [0.25, 0.3) is 10.2 Å². The average Bonchev–Trinajstić information content (AvgIpc) is 3.71. The van der Waals surface area contributed by atoms with Crippen LogP contribution in [0.1, 0.15) is 12.5 Å². The zero-order valence-electron chi connectivity index (χ0n) is 20.4. The first kappa shape index (κ1) is 23.7. The molecule has 1 amide bonds. The van der Waals surface area contributed by atoms with E-state index in [-0.39, 0.29) is 5.91 Å². The molecule has 0 unspecified atom stereocenters. The maximum Gasteiger partial charge on any atom is 0.247 e. The summed E-state index contributed by atoms with van der Waals surface area (Å²) in [6, 6.07) is 17.8. The first-order valence-corrected chi connectivity index (χ1v) is 13.1. The molecule has 0 spiro atoms. The number of nitrogens with zero attached hydrogens (tertiary/aromatic N) is 5. The molecule has 5 aromatic rings. The Labute approximate surface area is 223 Å². The number of ether oxygens (including phenoxy) is 1. The topological polar surface area (TPSA) is 97.2 Å². The summed E-state index contributed by atoms with van der Waals surface area (Å²) in [6.45, 7) is 5.45. The van der Waals surface area contributed by atoms with Crippen molar-refractivity contribution in [3.8, 4) is 11.6 Å². The van der Waals surface area contributed by atoms with E-state index in [9.17, 15) is 4.79 Å². The van der Waals surface area contributed by atoms with Gasteiger partial charge in [0, 0.05) is 48.6 Å². The molecule has 1 aliphatic heterocycles. The molecule has 6 rings (SSSR count). The van der Waals surface area contributed by atoms with Crippen molar-refractivity contribution in [2.75, 3.05) is 28.6 Å². The number of amides is 1. The molecule has 190 valence electrons. The fourth-order valence-corrected chi connectivity index (χ4v) is 5.25. The standard InChI is InChI=1S/C28H25N7O2S/c1-2-25(36)30-20-4-3-5-23(16-20)37-27-26-24(11-15-38-26)32-28(33-27)31-19-6-8-21(9-7-19)34-13-10-22(17-34)35-14-12-29-18-35/h2-9,11-12,14-16,18,22H,1,10,13,17H2,(H,30,36)(H,31,32,33)/t22-/m0/s1. The van der Waals surface area contributed by atoms with Gasteiger partial charge in [-0.25, -0.2) is 9.97 Å². The van der Waals surface area contributed by atoms with Gasteiger partial charge in [0.1, 0.15) is 10.4 Å². The largest absolute Gasteiger partial charge is 0.437 e. The lowest BCUT2D eigenvalue weighted by Gasteiger charge is -2.19. The van der Waals surface area contributed by atoms with Gasteiger partial charge >= 0.3 is 0 Å². The summed E-state index contributed by atoms with van der Waals surface area (Å²) in [5.41, 5.74) is 3.46. The fourth-order valence-electron chi connectivity index (χ4n) is 4.49. The predicted molar refractivity (Wildman–Crippen MR) is 151 cm³/mol. The van der Waals surface area contributed by atoms with Crippen molar-refractivity contribution in [2.45, 2.75) is 12.5 Å². The van der Waals surface area contributed by atoms with Gasteiger partial charge in [-0.3, -0.25) is 4.79 Å². The number of nitrogens with one attached hydrogen (secondary N) is 2. The highest BCUT2D eigenvalue weighted by Crippen LogP contribution is 2.34. The van der Waals surface area contributed by atoms with Crippen LogP contribution in [0.3, 0.4) is 0 Å². The number of aromatic nitrogens is 4. The molecule has 0 aliphatic carbocycles. The van der Waals surface area contributed by atoms with Crippen LogP contribution >= 0.6 is 11.3 Å². The van der Waals surface area contributed by atoms with E-state index in [4.69, 9.17) is 4.74 Å². The normalized spacial score (nSPS) is 14.9. The van der Waals surface area contributed by atoms with Crippen LogP contribution in [0.15, 0.2) is 91.4 Å². The number of fused-ring (bicyclic) bond motifs is 1. The zero-order chi connectivity index (χ0) is 25.9. The van der Waals surface area contributed by atoms with E-state index in [1.54, 1.807) is 18.2 Å². The van der Waals surface area contributed by atoms with Gasteiger partial charge in [-0.15, -0.1) is 11.3 Å². The lowest BCUT2D eigenvalue weighted by molar-refractivity contribution is -0.111. The second-order valence-corrected chi connectivity index (χ2v) is 9.80. The highest BCUT2D eigenvalue weighted by atomic mass is 32.1. The minimum absolute atomic E-state index is 0.287. The molecule has 10 heteroatoms. The number of rotatable bonds is 8. The molecule has 1 aliphatic rings. The highest BCUT2D eigenvalue weighted by Gasteiger charge is 2.23. The maximum absolute atomic E-state index is 11.7. The molecule has 3 aromatic heterocycles. The Kier molecular flexibility index (Phi) is 6.45. The third-order valence-electron chi connectivity index (χ3n) is 6.37. The summed E-state index contributed by atoms with van der Waals surface area (Å²) < 4.78 is 9.16. The molecule has 0 radical (unpaired) electrons. The molecule has 9 nitrogen and oxygen atoms in total. The monoisotopic (exact) mass is 523 g/mol. The number of hydrogen-bond acceptors (Lipinski definition) is 8. The second-order valence-electron chi connectivity index (χ2n) is 8.88. The van der Waals surface area contributed by atoms with Crippen molar-refractivity contribution in [2.24, 2.45) is 0 Å². The molecule has 2 N–H and O–H groups in total. The third-order valence-corrected chi connectivity index (χ3v) is 7.26. The van der Waals surface area contributed by atoms with Gasteiger partial charge < -0.3 is 24.8 Å². The number of thiophene rings is 1. The van der Waals surface area contributed by atoms with E-state index in [0.29, 0.717) is 29.3 Å². The van der Waals surface area contributed by atoms with Gasteiger partial charge in [-0.2, -0.15) is 4.98 Å². The summed E-state index contributed by atoms with van der Waals surface area (Å²) >= 11 is 1.51. The molecule has 1 saturated heterocycles. The number of benzene rings is 2. The molecule has 4 heterocycles. The van der Waals surface area contributed by atoms with Gasteiger partial charge in [0.2, 0.25) is 17.7 Å². The summed E-state index contributed by atoms with van der Waals surface area (Å²) in [6.07, 6.45) is 8.07. The van der Waals surface area contributed by atoms with Gasteiger partial charge in [0.15, 0.2) is 0 Å². The number of carbonyl (C=O) groups is 1. The van der Waals surface area contributed by atoms with Crippen LogP contribution in [0, 0.1) is 0 Å². The summed E-state index contributed by atoms with van der Waals surface area (Å²) in [5, 5.41) is 8.01. The number of hydrogen-bond donors (Lipinski definition) is 2. The Morgan fingerprint density at radius 3 is 2.84 bits per heavy atom. The van der Waals surface area contributed by atoms with Crippen molar-refractivity contribution in [3.05, 3.63) is 91.4 Å². The Morgan fingerprint density at radius 2 is 2.03 bits per heavy atom. The number of carbonyl (C=O) groups excluding carboxylic acids is 1. The van der Waals surface area contributed by atoms with Crippen LogP contribution in [0.5, 0.6) is 11.6 Å². The minimum Gasteiger partial charge on any atom is -0.437 e. The maximum atomic E-state index is 11.7. The zero-order valence-corrected chi connectivity index (χ0v) is 21.3. The molecule has 38 heavy (non-hydrogen) atoms. The SMILES string of the molecule is C=CC(=O)Nc1cccc(Oc2nc(Nc3ccc(N4CC[C@H](n5ccnc5)C4)cc3)nc3ccsc23)c1. The number of imidazole rings is 1. The second kappa shape index (κ2) is 10.3. The Balaban J connectivity index is 1.18. The molecule has 2 aromatic carbocycles. The van der Waals surface area contributed by atoms with E-state index >= 15 is 0 Å². The molecule has 1 fully saturated rings. The Morgan fingerprint density at radius 1 is 1.13 bits per heavy atom. The summed E-state index contributed by atoms with van der Waals surface area (Å²) in [7, 11) is 0. The lowest BCUT2D eigenvalue weighted by atomic mass is 10.2. The summed E-state index contributed by atoms with van der Waals surface area (Å²) in [4.78, 5) is 27.5. The quantitative estimate of drug-likeness (QED) is 0.241. The lowest BCUT2D eigenvalue weighted by Crippen LogP contribution is -2.20. The summed E-state index contributed by atoms with van der Waals surface area (Å²) in [5.74, 6) is 1.15. The highest BCUT2D eigenvalue weighted by molar-refractivity contribution is 7.17. The van der Waals surface area contributed by atoms with Crippen molar-refractivity contribution >= 4 is 50.5 Å². The predicted octanol–water partition coefficient (Wildman–Crippen LogP) is 6.00. The van der Waals surface area contributed by atoms with Crippen LogP contribution in [0.2, 0.25) is 0 Å². The first-order valence-electron chi connectivity index (χ1n) is 12.2. The number of anilines is 4. The molecular weight excluding hydrogens is 498 g/mol. The third kappa shape index (κ3) is 5.07. The van der Waals surface area contributed by atoms with E-state index in [1.165, 1.54) is 23.1 Å². The van der Waals surface area contributed by atoms with Crippen molar-refractivity contribution in [1.29, 1.82) is 0 Å². The average molecular weight is 524 g/mol. The van der Waals surface area contributed by atoms with E-state index in [2.05, 4.69) is 53.8 Å². The van der Waals surface area contributed by atoms with Gasteiger partial charge in [-0.1, -0.05) is 12.6 Å². The first-order chi connectivity index (χ1) is 18.6. The van der Waals surface area contributed by atoms with Crippen molar-refractivity contribution in [3.63, 3.8) is 0 Å². The Bertz CT molecular complexity index is 1580. The van der Waals surface area contributed by atoms with Gasteiger partial charge in [-0.05, 0) is 60.3 Å². The van der Waals surface area contributed by atoms with E-state index < -0.39 is 0 Å². The van der Waals surface area contributed by atoms with Crippen molar-refractivity contribution < 1.29 is 9.53 Å². The van der Waals surface area contributed by atoms with Crippen LogP contribution in [-0.2, 0) is 4.79 Å². The molecular formula is C28H25N7O2S. The van der Waals surface area contributed by atoms with Crippen LogP contribution in [-0.4, -0.2) is 38.5 Å². The van der Waals surface area contributed by atoms with E-state index in [0.717, 1.165) is 35.4 Å². The smallest absolute Gasteiger partial charge is 0.247 e. The molecule has 0 bridgehead atoms. The fraction of sp³-hybridized carbons (Fsp3) is 0.143. The van der Waals surface area contributed by atoms with Crippen LogP contribution in [0.4, 0.5) is 23.0 Å². The van der Waals surface area contributed by atoms with Crippen molar-refractivity contribution in [1.82, 2.24) is 19.5 Å². The Hall–Kier alpha value is -4.70. The minimum atomic E-state index is -0.287.